The molecule has 1 heterocycles. The minimum absolute atomic E-state index is 0.347. The van der Waals surface area contributed by atoms with Crippen LogP contribution in [0, 0.1) is 0 Å². The number of thiophene rings is 1. The summed E-state index contributed by atoms with van der Waals surface area (Å²) in [6.45, 7) is 8.59. The van der Waals surface area contributed by atoms with Crippen molar-refractivity contribution in [3.63, 3.8) is 0 Å². The van der Waals surface area contributed by atoms with Gasteiger partial charge in [0.2, 0.25) is 5.75 Å². The smallest absolute Gasteiger partial charge is 0.345 e. The zero-order valence-corrected chi connectivity index (χ0v) is 16.1. The maximum absolute atomic E-state index is 10.9. The lowest BCUT2D eigenvalue weighted by molar-refractivity contribution is 0.0702. The molecule has 0 spiro atoms. The maximum Gasteiger partial charge on any atom is 0.345 e. The second-order valence-electron chi connectivity index (χ2n) is 5.39. The third-order valence-corrected chi connectivity index (χ3v) is 4.54. The lowest BCUT2D eigenvalue weighted by Gasteiger charge is -2.17. The number of aromatic carboxylic acids is 1. The Morgan fingerprint density at radius 2 is 1.62 bits per heavy atom. The summed E-state index contributed by atoms with van der Waals surface area (Å²) >= 11 is 1.28. The predicted molar refractivity (Wildman–Crippen MR) is 102 cm³/mol. The first-order valence-corrected chi connectivity index (χ1v) is 9.48. The molecule has 0 aliphatic heterocycles. The van der Waals surface area contributed by atoms with E-state index in [1.807, 2.05) is 39.0 Å². The highest BCUT2D eigenvalue weighted by atomic mass is 32.1. The van der Waals surface area contributed by atoms with E-state index in [4.69, 9.17) is 19.3 Å². The van der Waals surface area contributed by atoms with E-state index >= 15 is 0 Å². The van der Waals surface area contributed by atoms with Gasteiger partial charge in [-0.15, -0.1) is 11.3 Å². The van der Waals surface area contributed by atoms with Crippen LogP contribution in [0.4, 0.5) is 0 Å². The van der Waals surface area contributed by atoms with E-state index < -0.39 is 5.97 Å². The van der Waals surface area contributed by atoms with E-state index in [9.17, 15) is 4.79 Å². The van der Waals surface area contributed by atoms with Gasteiger partial charge in [-0.25, -0.2) is 4.79 Å². The highest BCUT2D eigenvalue weighted by Gasteiger charge is 2.15. The topological polar surface area (TPSA) is 77.0 Å². The Balaban J connectivity index is 2.10. The molecule has 2 N–H and O–H groups in total. The van der Waals surface area contributed by atoms with Gasteiger partial charge in [0.1, 0.15) is 4.88 Å². The first kappa shape index (κ1) is 20.1. The molecule has 0 fully saturated rings. The van der Waals surface area contributed by atoms with E-state index in [-0.39, 0.29) is 0 Å². The Bertz CT molecular complexity index is 701. The second-order valence-corrected chi connectivity index (χ2v) is 6.56. The van der Waals surface area contributed by atoms with Crippen molar-refractivity contribution in [3.8, 4) is 17.2 Å². The minimum Gasteiger partial charge on any atom is -0.490 e. The number of carbonyl (C=O) groups is 1. The van der Waals surface area contributed by atoms with Gasteiger partial charge >= 0.3 is 5.97 Å². The van der Waals surface area contributed by atoms with Crippen LogP contribution in [0.2, 0.25) is 0 Å². The second kappa shape index (κ2) is 10.0. The fraction of sp³-hybridized carbons (Fsp3) is 0.421. The van der Waals surface area contributed by atoms with Gasteiger partial charge in [0.25, 0.3) is 0 Å². The van der Waals surface area contributed by atoms with E-state index in [0.717, 1.165) is 10.4 Å². The van der Waals surface area contributed by atoms with Crippen LogP contribution in [0.1, 0.15) is 40.9 Å². The molecule has 2 aromatic rings. The average molecular weight is 379 g/mol. The number of rotatable bonds is 11. The fourth-order valence-corrected chi connectivity index (χ4v) is 3.28. The number of carboxylic acid groups (broad SMARTS) is 1. The van der Waals surface area contributed by atoms with Crippen LogP contribution in [-0.4, -0.2) is 30.9 Å². The molecule has 0 saturated carbocycles. The van der Waals surface area contributed by atoms with Crippen molar-refractivity contribution in [1.29, 1.82) is 0 Å². The van der Waals surface area contributed by atoms with Crippen molar-refractivity contribution in [3.05, 3.63) is 39.6 Å². The molecule has 0 saturated heterocycles. The largest absolute Gasteiger partial charge is 0.490 e. The number of benzene rings is 1. The highest BCUT2D eigenvalue weighted by molar-refractivity contribution is 7.13. The number of hydrogen-bond donors (Lipinski definition) is 2. The van der Waals surface area contributed by atoms with Crippen molar-refractivity contribution >= 4 is 17.3 Å². The summed E-state index contributed by atoms with van der Waals surface area (Å²) in [5, 5.41) is 12.3. The average Bonchev–Trinajstić information content (AvgIpc) is 3.07. The lowest BCUT2D eigenvalue weighted by atomic mass is 10.1. The van der Waals surface area contributed by atoms with Gasteiger partial charge in [-0.1, -0.05) is 0 Å². The monoisotopic (exact) mass is 379 g/mol. The van der Waals surface area contributed by atoms with E-state index in [0.29, 0.717) is 55.0 Å². The standard InChI is InChI=1S/C19H25NO5S/c1-4-23-15-9-13(10-16(24-5-2)18(15)25-6-3)11-20-12-14-7-8-17(26-14)19(21)22/h7-10,20H,4-6,11-12H2,1-3H3,(H,21,22). The predicted octanol–water partition coefficient (Wildman–Crippen LogP) is 3.93. The molecule has 2 rings (SSSR count). The van der Waals surface area contributed by atoms with Gasteiger partial charge in [0.15, 0.2) is 11.5 Å². The van der Waals surface area contributed by atoms with Crippen molar-refractivity contribution in [2.24, 2.45) is 0 Å². The normalized spacial score (nSPS) is 10.6. The highest BCUT2D eigenvalue weighted by Crippen LogP contribution is 2.39. The van der Waals surface area contributed by atoms with Crippen molar-refractivity contribution < 1.29 is 24.1 Å². The van der Waals surface area contributed by atoms with Crippen molar-refractivity contribution in [2.75, 3.05) is 19.8 Å². The van der Waals surface area contributed by atoms with Crippen LogP contribution in [0.15, 0.2) is 24.3 Å². The molecular formula is C19H25NO5S. The van der Waals surface area contributed by atoms with Crippen LogP contribution in [0.3, 0.4) is 0 Å². The first-order chi connectivity index (χ1) is 12.6. The Labute approximate surface area is 157 Å². The number of nitrogens with one attached hydrogen (secondary N) is 1. The van der Waals surface area contributed by atoms with Crippen LogP contribution in [-0.2, 0) is 13.1 Å². The lowest BCUT2D eigenvalue weighted by Crippen LogP contribution is -2.12. The summed E-state index contributed by atoms with van der Waals surface area (Å²) in [6.07, 6.45) is 0. The van der Waals surface area contributed by atoms with Gasteiger partial charge in [-0.2, -0.15) is 0 Å². The van der Waals surface area contributed by atoms with Gasteiger partial charge in [0.05, 0.1) is 19.8 Å². The molecule has 0 unspecified atom stereocenters. The summed E-state index contributed by atoms with van der Waals surface area (Å²) in [4.78, 5) is 12.3. The molecule has 26 heavy (non-hydrogen) atoms. The number of hydrogen-bond acceptors (Lipinski definition) is 6. The van der Waals surface area contributed by atoms with Gasteiger partial charge in [-0.3, -0.25) is 0 Å². The molecule has 0 aliphatic rings. The fourth-order valence-electron chi connectivity index (χ4n) is 2.46. The summed E-state index contributed by atoms with van der Waals surface area (Å²) in [6, 6.07) is 7.35. The first-order valence-electron chi connectivity index (χ1n) is 8.67. The van der Waals surface area contributed by atoms with Gasteiger partial charge in [0, 0.05) is 18.0 Å². The Kier molecular flexibility index (Phi) is 7.74. The Hall–Kier alpha value is -2.25. The molecule has 6 nitrogen and oxygen atoms in total. The van der Waals surface area contributed by atoms with Gasteiger partial charge < -0.3 is 24.6 Å². The molecule has 142 valence electrons. The molecular weight excluding hydrogens is 354 g/mol. The zero-order valence-electron chi connectivity index (χ0n) is 15.3. The van der Waals surface area contributed by atoms with E-state index in [2.05, 4.69) is 5.32 Å². The molecule has 0 amide bonds. The third kappa shape index (κ3) is 5.37. The minimum atomic E-state index is -0.893. The third-order valence-electron chi connectivity index (χ3n) is 3.47. The van der Waals surface area contributed by atoms with Crippen LogP contribution in [0.25, 0.3) is 0 Å². The van der Waals surface area contributed by atoms with Crippen molar-refractivity contribution in [1.82, 2.24) is 5.32 Å². The molecule has 1 aromatic carbocycles. The molecule has 0 atom stereocenters. The summed E-state index contributed by atoms with van der Waals surface area (Å²) < 4.78 is 17.1. The molecule has 0 bridgehead atoms. The number of carboxylic acids is 1. The maximum atomic E-state index is 10.9. The quantitative estimate of drug-likeness (QED) is 0.616. The molecule has 0 radical (unpaired) electrons. The Morgan fingerprint density at radius 3 is 2.12 bits per heavy atom. The zero-order chi connectivity index (χ0) is 18.9. The SMILES string of the molecule is CCOc1cc(CNCc2ccc(C(=O)O)s2)cc(OCC)c1OCC. The summed E-state index contributed by atoms with van der Waals surface area (Å²) in [5.41, 5.74) is 1.01. The van der Waals surface area contributed by atoms with Crippen molar-refractivity contribution in [2.45, 2.75) is 33.9 Å². The molecule has 0 aliphatic carbocycles. The van der Waals surface area contributed by atoms with Crippen LogP contribution < -0.4 is 19.5 Å². The summed E-state index contributed by atoms with van der Waals surface area (Å²) in [7, 11) is 0. The van der Waals surface area contributed by atoms with Gasteiger partial charge in [-0.05, 0) is 50.6 Å². The summed E-state index contributed by atoms with van der Waals surface area (Å²) in [5.74, 6) is 1.07. The molecule has 7 heteroatoms. The van der Waals surface area contributed by atoms with E-state index in [1.165, 1.54) is 11.3 Å². The van der Waals surface area contributed by atoms with Crippen LogP contribution >= 0.6 is 11.3 Å². The molecule has 1 aromatic heterocycles. The Morgan fingerprint density at radius 1 is 1.00 bits per heavy atom. The van der Waals surface area contributed by atoms with Crippen LogP contribution in [0.5, 0.6) is 17.2 Å². The van der Waals surface area contributed by atoms with E-state index in [1.54, 1.807) is 6.07 Å². The number of ether oxygens (including phenoxy) is 3.